The Hall–Kier alpha value is -2.10. The first kappa shape index (κ1) is 18.0. The third-order valence-corrected chi connectivity index (χ3v) is 3.19. The summed E-state index contributed by atoms with van der Waals surface area (Å²) in [4.78, 5) is 22.5. The molecule has 1 aromatic rings. The fourth-order valence-corrected chi connectivity index (χ4v) is 1.97. The lowest BCUT2D eigenvalue weighted by Crippen LogP contribution is -2.06. The molecule has 0 amide bonds. The van der Waals surface area contributed by atoms with E-state index >= 15 is 0 Å². The quantitative estimate of drug-likeness (QED) is 0.353. The summed E-state index contributed by atoms with van der Waals surface area (Å²) in [6.07, 6.45) is 7.20. The van der Waals surface area contributed by atoms with Crippen molar-refractivity contribution < 1.29 is 19.1 Å². The number of carbonyl (C=O) groups excluding carboxylic acids is 2. The molecule has 0 aliphatic rings. The highest BCUT2D eigenvalue weighted by molar-refractivity contribution is 5.89. The molecule has 0 unspecified atom stereocenters. The molecule has 0 saturated heterocycles. The van der Waals surface area contributed by atoms with Gasteiger partial charge in [0.1, 0.15) is 0 Å². The summed E-state index contributed by atoms with van der Waals surface area (Å²) in [6, 6.07) is 9.02. The van der Waals surface area contributed by atoms with E-state index in [4.69, 9.17) is 9.47 Å². The van der Waals surface area contributed by atoms with Crippen molar-refractivity contribution in [1.82, 2.24) is 0 Å². The number of hydrogen-bond donors (Lipinski definition) is 0. The summed E-state index contributed by atoms with van der Waals surface area (Å²) in [6.45, 7) is 4.26. The van der Waals surface area contributed by atoms with E-state index in [1.54, 1.807) is 12.1 Å². The van der Waals surface area contributed by atoms with Crippen LogP contribution in [0.15, 0.2) is 43.0 Å². The molecular formula is C18H24O4. The molecule has 0 radical (unpaired) electrons. The molecule has 1 rings (SSSR count). The Labute approximate surface area is 132 Å². The number of unbranched alkanes of at least 4 members (excludes halogenated alkanes) is 5. The molecule has 0 aliphatic carbocycles. The summed E-state index contributed by atoms with van der Waals surface area (Å²) >= 11 is 0. The fraction of sp³-hybridized carbons (Fsp3) is 0.444. The van der Waals surface area contributed by atoms with Gasteiger partial charge in [-0.3, -0.25) is 0 Å². The molecule has 0 bridgehead atoms. The zero-order chi connectivity index (χ0) is 16.0. The Balaban J connectivity index is 1.91. The molecule has 0 fully saturated rings. The first-order chi connectivity index (χ1) is 10.7. The first-order valence-electron chi connectivity index (χ1n) is 7.75. The van der Waals surface area contributed by atoms with E-state index < -0.39 is 0 Å². The SMILES string of the molecule is C=CC(=O)OCCCCCCCCOC(=O)c1ccccc1. The van der Waals surface area contributed by atoms with Crippen molar-refractivity contribution >= 4 is 11.9 Å². The van der Waals surface area contributed by atoms with Gasteiger partial charge in [-0.25, -0.2) is 9.59 Å². The highest BCUT2D eigenvalue weighted by Gasteiger charge is 2.04. The average Bonchev–Trinajstić information content (AvgIpc) is 2.56. The summed E-state index contributed by atoms with van der Waals surface area (Å²) in [5, 5.41) is 0. The minimum absolute atomic E-state index is 0.260. The van der Waals surface area contributed by atoms with Gasteiger partial charge in [0.05, 0.1) is 18.8 Å². The summed E-state index contributed by atoms with van der Waals surface area (Å²) in [5.41, 5.74) is 0.594. The van der Waals surface area contributed by atoms with Crippen molar-refractivity contribution in [2.75, 3.05) is 13.2 Å². The Bertz CT molecular complexity index is 453. The minimum atomic E-state index is -0.361. The Kier molecular flexibility index (Phi) is 9.42. The summed E-state index contributed by atoms with van der Waals surface area (Å²) in [5.74, 6) is -0.620. The maximum Gasteiger partial charge on any atom is 0.338 e. The van der Waals surface area contributed by atoms with Gasteiger partial charge >= 0.3 is 11.9 Å². The Morgan fingerprint density at radius 2 is 1.41 bits per heavy atom. The van der Waals surface area contributed by atoms with Crippen LogP contribution in [-0.2, 0) is 14.3 Å². The van der Waals surface area contributed by atoms with E-state index in [0.717, 1.165) is 38.5 Å². The molecule has 22 heavy (non-hydrogen) atoms. The smallest absolute Gasteiger partial charge is 0.338 e. The van der Waals surface area contributed by atoms with Gasteiger partial charge in [0.25, 0.3) is 0 Å². The molecule has 0 aromatic heterocycles. The van der Waals surface area contributed by atoms with E-state index in [0.29, 0.717) is 18.8 Å². The lowest BCUT2D eigenvalue weighted by molar-refractivity contribution is -0.137. The normalized spacial score (nSPS) is 10.0. The van der Waals surface area contributed by atoms with E-state index in [9.17, 15) is 9.59 Å². The number of hydrogen-bond acceptors (Lipinski definition) is 4. The number of esters is 2. The van der Waals surface area contributed by atoms with Gasteiger partial charge < -0.3 is 9.47 Å². The molecule has 0 atom stereocenters. The van der Waals surface area contributed by atoms with Gasteiger partial charge in [-0.1, -0.05) is 50.5 Å². The van der Waals surface area contributed by atoms with Crippen LogP contribution in [0.1, 0.15) is 48.9 Å². The van der Waals surface area contributed by atoms with Crippen LogP contribution in [0.5, 0.6) is 0 Å². The van der Waals surface area contributed by atoms with Gasteiger partial charge in [-0.05, 0) is 25.0 Å². The predicted molar refractivity (Wildman–Crippen MR) is 85.6 cm³/mol. The van der Waals surface area contributed by atoms with E-state index in [1.165, 1.54) is 6.08 Å². The van der Waals surface area contributed by atoms with Crippen molar-refractivity contribution in [3.05, 3.63) is 48.6 Å². The predicted octanol–water partition coefficient (Wildman–Crippen LogP) is 3.91. The van der Waals surface area contributed by atoms with Crippen LogP contribution >= 0.6 is 0 Å². The van der Waals surface area contributed by atoms with E-state index in [-0.39, 0.29) is 11.9 Å². The number of ether oxygens (including phenoxy) is 2. The molecule has 0 saturated carbocycles. The van der Waals surface area contributed by atoms with E-state index in [2.05, 4.69) is 6.58 Å². The molecule has 0 N–H and O–H groups in total. The first-order valence-corrected chi connectivity index (χ1v) is 7.75. The van der Waals surface area contributed by atoms with Crippen molar-refractivity contribution in [2.24, 2.45) is 0 Å². The Morgan fingerprint density at radius 1 is 0.864 bits per heavy atom. The second kappa shape index (κ2) is 11.5. The largest absolute Gasteiger partial charge is 0.463 e. The lowest BCUT2D eigenvalue weighted by atomic mass is 10.1. The third-order valence-electron chi connectivity index (χ3n) is 3.19. The van der Waals surface area contributed by atoms with Gasteiger partial charge in [0.2, 0.25) is 0 Å². The summed E-state index contributed by atoms with van der Waals surface area (Å²) in [7, 11) is 0. The van der Waals surface area contributed by atoms with Gasteiger partial charge in [0, 0.05) is 6.08 Å². The second-order valence-electron chi connectivity index (χ2n) is 4.99. The van der Waals surface area contributed by atoms with Gasteiger partial charge in [-0.15, -0.1) is 0 Å². The molecular weight excluding hydrogens is 280 g/mol. The highest BCUT2D eigenvalue weighted by Crippen LogP contribution is 2.07. The topological polar surface area (TPSA) is 52.6 Å². The molecule has 4 heteroatoms. The number of benzene rings is 1. The third kappa shape index (κ3) is 8.25. The molecule has 120 valence electrons. The lowest BCUT2D eigenvalue weighted by Gasteiger charge is -2.05. The zero-order valence-electron chi connectivity index (χ0n) is 13.0. The van der Waals surface area contributed by atoms with Gasteiger partial charge in [-0.2, -0.15) is 0 Å². The van der Waals surface area contributed by atoms with Crippen LogP contribution in [0.3, 0.4) is 0 Å². The van der Waals surface area contributed by atoms with Gasteiger partial charge in [0.15, 0.2) is 0 Å². The van der Waals surface area contributed by atoms with Crippen LogP contribution in [-0.4, -0.2) is 25.2 Å². The number of rotatable bonds is 11. The van der Waals surface area contributed by atoms with Crippen molar-refractivity contribution in [3.63, 3.8) is 0 Å². The van der Waals surface area contributed by atoms with Crippen molar-refractivity contribution in [3.8, 4) is 0 Å². The molecule has 0 aliphatic heterocycles. The average molecular weight is 304 g/mol. The minimum Gasteiger partial charge on any atom is -0.463 e. The van der Waals surface area contributed by atoms with Crippen LogP contribution in [0.2, 0.25) is 0 Å². The van der Waals surface area contributed by atoms with Crippen LogP contribution in [0, 0.1) is 0 Å². The highest BCUT2D eigenvalue weighted by atomic mass is 16.5. The Morgan fingerprint density at radius 3 is 2.00 bits per heavy atom. The van der Waals surface area contributed by atoms with Crippen molar-refractivity contribution in [1.29, 1.82) is 0 Å². The number of carbonyl (C=O) groups is 2. The van der Waals surface area contributed by atoms with Crippen LogP contribution < -0.4 is 0 Å². The molecule has 0 spiro atoms. The maximum absolute atomic E-state index is 11.7. The van der Waals surface area contributed by atoms with Crippen LogP contribution in [0.4, 0.5) is 0 Å². The standard InChI is InChI=1S/C18H24O4/c1-2-17(19)21-14-10-5-3-4-6-11-15-22-18(20)16-12-8-7-9-13-16/h2,7-9,12-13H,1,3-6,10-11,14-15H2. The van der Waals surface area contributed by atoms with Crippen LogP contribution in [0.25, 0.3) is 0 Å². The second-order valence-corrected chi connectivity index (χ2v) is 4.99. The molecule has 1 aromatic carbocycles. The monoisotopic (exact) mass is 304 g/mol. The molecule has 0 heterocycles. The molecule has 4 nitrogen and oxygen atoms in total. The van der Waals surface area contributed by atoms with E-state index in [1.807, 2.05) is 18.2 Å². The fourth-order valence-electron chi connectivity index (χ4n) is 1.97. The summed E-state index contributed by atoms with van der Waals surface area (Å²) < 4.78 is 10.1. The van der Waals surface area contributed by atoms with Crippen molar-refractivity contribution in [2.45, 2.75) is 38.5 Å². The maximum atomic E-state index is 11.7. The zero-order valence-corrected chi connectivity index (χ0v) is 13.0.